The maximum atomic E-state index is 9.47. The lowest BCUT2D eigenvalue weighted by atomic mass is 10.00. The van der Waals surface area contributed by atoms with Gasteiger partial charge in [-0.05, 0) is 12.5 Å². The minimum Gasteiger partial charge on any atom is -0.508 e. The Hall–Kier alpha value is -0.770. The van der Waals surface area contributed by atoms with Crippen LogP contribution in [0.1, 0.15) is 24.9 Å². The summed E-state index contributed by atoms with van der Waals surface area (Å²) in [5, 5.41) is 18.9. The monoisotopic (exact) mass is 217 g/mol. The molecule has 0 saturated carbocycles. The number of phenols is 1. The zero-order chi connectivity index (χ0) is 9.84. The number of para-hydroxylation sites is 1. The molecule has 0 radical (unpaired) electrons. The van der Waals surface area contributed by atoms with Crippen LogP contribution >= 0.6 is 12.4 Å². The number of aromatic hydroxyl groups is 1. The van der Waals surface area contributed by atoms with Crippen molar-refractivity contribution in [3.8, 4) is 5.75 Å². The highest BCUT2D eigenvalue weighted by Crippen LogP contribution is 2.24. The van der Waals surface area contributed by atoms with Crippen LogP contribution in [-0.4, -0.2) is 16.3 Å². The molecule has 2 atom stereocenters. The van der Waals surface area contributed by atoms with Gasteiger partial charge in [0.1, 0.15) is 5.75 Å². The molecule has 80 valence electrons. The van der Waals surface area contributed by atoms with Crippen LogP contribution in [-0.2, 0) is 0 Å². The first-order valence-electron chi connectivity index (χ1n) is 4.38. The van der Waals surface area contributed by atoms with Crippen LogP contribution in [0.3, 0.4) is 0 Å². The second-order valence-electron chi connectivity index (χ2n) is 3.06. The first-order valence-corrected chi connectivity index (χ1v) is 4.38. The van der Waals surface area contributed by atoms with E-state index in [4.69, 9.17) is 5.73 Å². The van der Waals surface area contributed by atoms with E-state index in [2.05, 4.69) is 0 Å². The van der Waals surface area contributed by atoms with Crippen molar-refractivity contribution in [2.24, 2.45) is 5.73 Å². The number of benzene rings is 1. The lowest BCUT2D eigenvalue weighted by Gasteiger charge is -2.18. The summed E-state index contributed by atoms with van der Waals surface area (Å²) in [5.74, 6) is 0.141. The van der Waals surface area contributed by atoms with Gasteiger partial charge in [0.05, 0.1) is 12.1 Å². The Labute approximate surface area is 90.0 Å². The van der Waals surface area contributed by atoms with Crippen molar-refractivity contribution in [3.05, 3.63) is 29.8 Å². The quantitative estimate of drug-likeness (QED) is 0.720. The highest BCUT2D eigenvalue weighted by Gasteiger charge is 2.17. The molecule has 0 saturated heterocycles. The summed E-state index contributed by atoms with van der Waals surface area (Å²) in [5.41, 5.74) is 6.33. The topological polar surface area (TPSA) is 66.5 Å². The van der Waals surface area contributed by atoms with Gasteiger partial charge in [-0.15, -0.1) is 12.4 Å². The second kappa shape index (κ2) is 5.86. The molecule has 3 nitrogen and oxygen atoms in total. The van der Waals surface area contributed by atoms with Gasteiger partial charge in [0.25, 0.3) is 0 Å². The molecule has 1 rings (SSSR count). The molecule has 14 heavy (non-hydrogen) atoms. The van der Waals surface area contributed by atoms with Crippen molar-refractivity contribution in [2.75, 3.05) is 0 Å². The Morgan fingerprint density at radius 3 is 2.43 bits per heavy atom. The summed E-state index contributed by atoms with van der Waals surface area (Å²) in [4.78, 5) is 0. The predicted octanol–water partition coefficient (Wildman–Crippen LogP) is 1.58. The molecule has 0 unspecified atom stereocenters. The predicted molar refractivity (Wildman–Crippen MR) is 58.6 cm³/mol. The van der Waals surface area contributed by atoms with E-state index in [0.717, 1.165) is 0 Å². The molecular formula is C10H16ClNO2. The maximum absolute atomic E-state index is 9.47. The van der Waals surface area contributed by atoms with Gasteiger partial charge in [-0.3, -0.25) is 0 Å². The number of aliphatic hydroxyl groups is 1. The molecular weight excluding hydrogens is 202 g/mol. The van der Waals surface area contributed by atoms with Gasteiger partial charge >= 0.3 is 0 Å². The van der Waals surface area contributed by atoms with Crippen LogP contribution < -0.4 is 5.73 Å². The molecule has 1 aromatic rings. The van der Waals surface area contributed by atoms with Crippen molar-refractivity contribution in [3.63, 3.8) is 0 Å². The number of hydrogen-bond acceptors (Lipinski definition) is 3. The SMILES string of the molecule is CC[C@@H](O)[C@@H](N)c1ccccc1O.Cl. The number of rotatable bonds is 3. The third-order valence-corrected chi connectivity index (χ3v) is 2.13. The minimum atomic E-state index is -0.603. The Balaban J connectivity index is 0.00000169. The minimum absolute atomic E-state index is 0. The number of halogens is 1. The summed E-state index contributed by atoms with van der Waals surface area (Å²) < 4.78 is 0. The molecule has 0 spiro atoms. The Bertz CT molecular complexity index is 281. The van der Waals surface area contributed by atoms with Gasteiger partial charge in [0.2, 0.25) is 0 Å². The number of phenolic OH excluding ortho intramolecular Hbond substituents is 1. The third kappa shape index (κ3) is 2.87. The van der Waals surface area contributed by atoms with Crippen molar-refractivity contribution in [1.82, 2.24) is 0 Å². The van der Waals surface area contributed by atoms with E-state index in [1.807, 2.05) is 6.92 Å². The first kappa shape index (κ1) is 13.2. The van der Waals surface area contributed by atoms with Gasteiger partial charge in [0, 0.05) is 5.56 Å². The van der Waals surface area contributed by atoms with E-state index in [1.165, 1.54) is 0 Å². The van der Waals surface area contributed by atoms with Crippen LogP contribution in [0, 0.1) is 0 Å². The van der Waals surface area contributed by atoms with E-state index in [-0.39, 0.29) is 18.2 Å². The van der Waals surface area contributed by atoms with Crippen LogP contribution in [0.25, 0.3) is 0 Å². The zero-order valence-electron chi connectivity index (χ0n) is 8.05. The standard InChI is InChI=1S/C10H15NO2.ClH/c1-2-8(12)10(11)7-5-3-4-6-9(7)13;/h3-6,8,10,12-13H,2,11H2,1H3;1H/t8-,10+;/m1./s1. The fraction of sp³-hybridized carbons (Fsp3) is 0.400. The van der Waals surface area contributed by atoms with Crippen molar-refractivity contribution < 1.29 is 10.2 Å². The number of nitrogens with two attached hydrogens (primary N) is 1. The van der Waals surface area contributed by atoms with Crippen molar-refractivity contribution in [2.45, 2.75) is 25.5 Å². The fourth-order valence-electron chi connectivity index (χ4n) is 1.23. The average molecular weight is 218 g/mol. The molecule has 0 aliphatic carbocycles. The molecule has 0 aliphatic rings. The number of aliphatic hydroxyl groups excluding tert-OH is 1. The molecule has 0 fully saturated rings. The van der Waals surface area contributed by atoms with E-state index in [0.29, 0.717) is 12.0 Å². The van der Waals surface area contributed by atoms with Crippen molar-refractivity contribution in [1.29, 1.82) is 0 Å². The number of hydrogen-bond donors (Lipinski definition) is 3. The maximum Gasteiger partial charge on any atom is 0.120 e. The smallest absolute Gasteiger partial charge is 0.120 e. The lowest BCUT2D eigenvalue weighted by Crippen LogP contribution is -2.25. The molecule has 1 aromatic carbocycles. The van der Waals surface area contributed by atoms with Gasteiger partial charge in [-0.25, -0.2) is 0 Å². The highest BCUT2D eigenvalue weighted by molar-refractivity contribution is 5.85. The summed E-state index contributed by atoms with van der Waals surface area (Å²) >= 11 is 0. The van der Waals surface area contributed by atoms with Crippen LogP contribution in [0.5, 0.6) is 5.75 Å². The van der Waals surface area contributed by atoms with Crippen LogP contribution in [0.15, 0.2) is 24.3 Å². The van der Waals surface area contributed by atoms with E-state index >= 15 is 0 Å². The molecule has 0 amide bonds. The van der Waals surface area contributed by atoms with E-state index in [9.17, 15) is 10.2 Å². The molecule has 0 aliphatic heterocycles. The Morgan fingerprint density at radius 1 is 1.36 bits per heavy atom. The largest absolute Gasteiger partial charge is 0.508 e. The van der Waals surface area contributed by atoms with E-state index < -0.39 is 12.1 Å². The molecule has 4 N–H and O–H groups in total. The van der Waals surface area contributed by atoms with Gasteiger partial charge in [-0.2, -0.15) is 0 Å². The summed E-state index contributed by atoms with van der Waals surface area (Å²) in [6.07, 6.45) is -0.0246. The molecule has 0 bridgehead atoms. The first-order chi connectivity index (χ1) is 6.16. The van der Waals surface area contributed by atoms with Gasteiger partial charge in [0.15, 0.2) is 0 Å². The molecule has 0 aromatic heterocycles. The molecule has 4 heteroatoms. The van der Waals surface area contributed by atoms with Gasteiger partial charge < -0.3 is 15.9 Å². The van der Waals surface area contributed by atoms with Crippen LogP contribution in [0.2, 0.25) is 0 Å². The van der Waals surface area contributed by atoms with Gasteiger partial charge in [-0.1, -0.05) is 25.1 Å². The Morgan fingerprint density at radius 2 is 1.93 bits per heavy atom. The zero-order valence-corrected chi connectivity index (χ0v) is 8.87. The Kier molecular flexibility index (Phi) is 5.53. The van der Waals surface area contributed by atoms with Crippen LogP contribution in [0.4, 0.5) is 0 Å². The average Bonchev–Trinajstić information content (AvgIpc) is 2.16. The summed E-state index contributed by atoms with van der Waals surface area (Å²) in [7, 11) is 0. The second-order valence-corrected chi connectivity index (χ2v) is 3.06. The summed E-state index contributed by atoms with van der Waals surface area (Å²) in [6.45, 7) is 1.85. The normalized spacial score (nSPS) is 14.2. The van der Waals surface area contributed by atoms with E-state index in [1.54, 1.807) is 24.3 Å². The lowest BCUT2D eigenvalue weighted by molar-refractivity contribution is 0.139. The highest BCUT2D eigenvalue weighted by atomic mass is 35.5. The third-order valence-electron chi connectivity index (χ3n) is 2.13. The molecule has 0 heterocycles. The van der Waals surface area contributed by atoms with Crippen molar-refractivity contribution >= 4 is 12.4 Å². The fourth-order valence-corrected chi connectivity index (χ4v) is 1.23. The summed E-state index contributed by atoms with van der Waals surface area (Å²) in [6, 6.07) is 6.30.